The molecule has 1 aliphatic carbocycles. The summed E-state index contributed by atoms with van der Waals surface area (Å²) in [5.74, 6) is 0.963. The molecule has 6 nitrogen and oxygen atoms in total. The molecule has 4 rings (SSSR count). The second-order valence-corrected chi connectivity index (χ2v) is 8.18. The molecule has 8 heteroatoms. The lowest BCUT2D eigenvalue weighted by Gasteiger charge is -2.21. The smallest absolute Gasteiger partial charge is 0.270 e. The van der Waals surface area contributed by atoms with Crippen molar-refractivity contribution in [1.29, 1.82) is 0 Å². The molecule has 2 fully saturated rings. The van der Waals surface area contributed by atoms with Gasteiger partial charge in [0, 0.05) is 29.8 Å². The van der Waals surface area contributed by atoms with Crippen molar-refractivity contribution in [1.82, 2.24) is 4.90 Å². The van der Waals surface area contributed by atoms with E-state index in [-0.39, 0.29) is 17.6 Å². The third-order valence-corrected chi connectivity index (χ3v) is 6.09. The maximum absolute atomic E-state index is 12.7. The fourth-order valence-corrected chi connectivity index (χ4v) is 4.83. The number of thiocarbonyl (C=S) groups is 1. The maximum atomic E-state index is 12.7. The van der Waals surface area contributed by atoms with E-state index in [1.165, 1.54) is 23.9 Å². The molecule has 1 aromatic heterocycles. The summed E-state index contributed by atoms with van der Waals surface area (Å²) >= 11 is 6.70. The molecule has 1 aromatic carbocycles. The summed E-state index contributed by atoms with van der Waals surface area (Å²) in [7, 11) is 0. The summed E-state index contributed by atoms with van der Waals surface area (Å²) in [4.78, 5) is 25.5. The van der Waals surface area contributed by atoms with Gasteiger partial charge < -0.3 is 4.42 Å². The molecule has 2 aromatic rings. The first-order valence-corrected chi connectivity index (χ1v) is 9.87. The molecule has 1 aliphatic heterocycles. The van der Waals surface area contributed by atoms with Crippen molar-refractivity contribution in [3.63, 3.8) is 0 Å². The highest BCUT2D eigenvalue weighted by atomic mass is 32.2. The minimum Gasteiger partial charge on any atom is -0.457 e. The zero-order valence-corrected chi connectivity index (χ0v) is 15.9. The van der Waals surface area contributed by atoms with Crippen LogP contribution in [0, 0.1) is 10.1 Å². The van der Waals surface area contributed by atoms with Crippen molar-refractivity contribution in [3.8, 4) is 11.3 Å². The largest absolute Gasteiger partial charge is 0.457 e. The van der Waals surface area contributed by atoms with Crippen molar-refractivity contribution < 1.29 is 14.1 Å². The Kier molecular flexibility index (Phi) is 4.84. The Bertz CT molecular complexity index is 960. The molecule has 1 amide bonds. The predicted molar refractivity (Wildman–Crippen MR) is 108 cm³/mol. The molecule has 0 radical (unpaired) electrons. The van der Waals surface area contributed by atoms with Crippen molar-refractivity contribution in [2.24, 2.45) is 0 Å². The van der Waals surface area contributed by atoms with Gasteiger partial charge in [-0.15, -0.1) is 0 Å². The SMILES string of the molecule is O=C1/C(=C/c2ccc(-c3cccc([N+](=O)[O-])c3)o2)SC(=S)N1C1CCCC1. The summed E-state index contributed by atoms with van der Waals surface area (Å²) in [6, 6.07) is 9.95. The van der Waals surface area contributed by atoms with Crippen molar-refractivity contribution in [2.75, 3.05) is 0 Å². The van der Waals surface area contributed by atoms with Crippen LogP contribution in [0.3, 0.4) is 0 Å². The van der Waals surface area contributed by atoms with E-state index in [1.807, 2.05) is 0 Å². The van der Waals surface area contributed by atoms with E-state index < -0.39 is 4.92 Å². The van der Waals surface area contributed by atoms with Gasteiger partial charge in [-0.3, -0.25) is 19.8 Å². The number of non-ortho nitro benzene ring substituents is 1. The number of rotatable bonds is 4. The minimum atomic E-state index is -0.443. The van der Waals surface area contributed by atoms with Crippen LogP contribution >= 0.6 is 24.0 Å². The number of thioether (sulfide) groups is 1. The van der Waals surface area contributed by atoms with Crippen molar-refractivity contribution in [2.45, 2.75) is 31.7 Å². The maximum Gasteiger partial charge on any atom is 0.270 e. The van der Waals surface area contributed by atoms with Gasteiger partial charge in [-0.2, -0.15) is 0 Å². The number of carbonyl (C=O) groups excluding carboxylic acids is 1. The number of nitro groups is 1. The number of furan rings is 1. The highest BCUT2D eigenvalue weighted by Gasteiger charge is 2.38. The number of hydrogen-bond donors (Lipinski definition) is 0. The molecule has 27 heavy (non-hydrogen) atoms. The molecule has 1 saturated carbocycles. The molecular weight excluding hydrogens is 384 g/mol. The van der Waals surface area contributed by atoms with E-state index in [9.17, 15) is 14.9 Å². The van der Waals surface area contributed by atoms with Gasteiger partial charge in [0.15, 0.2) is 0 Å². The Morgan fingerprint density at radius 2 is 2.04 bits per heavy atom. The van der Waals surface area contributed by atoms with Crippen LogP contribution in [0.2, 0.25) is 0 Å². The number of nitro benzene ring substituents is 1. The molecular formula is C19H16N2O4S2. The van der Waals surface area contributed by atoms with Crippen LogP contribution < -0.4 is 0 Å². The third kappa shape index (κ3) is 3.54. The Balaban J connectivity index is 1.57. The van der Waals surface area contributed by atoms with Gasteiger partial charge >= 0.3 is 0 Å². The number of carbonyl (C=O) groups is 1. The van der Waals surface area contributed by atoms with Crippen LogP contribution in [0.25, 0.3) is 17.4 Å². The van der Waals surface area contributed by atoms with E-state index >= 15 is 0 Å². The summed E-state index contributed by atoms with van der Waals surface area (Å²) in [6.45, 7) is 0. The summed E-state index contributed by atoms with van der Waals surface area (Å²) < 4.78 is 6.38. The van der Waals surface area contributed by atoms with E-state index in [0.717, 1.165) is 25.7 Å². The molecule has 0 N–H and O–H groups in total. The topological polar surface area (TPSA) is 76.6 Å². The highest BCUT2D eigenvalue weighted by Crippen LogP contribution is 2.38. The Hall–Kier alpha value is -2.45. The molecule has 2 aliphatic rings. The van der Waals surface area contributed by atoms with Crippen molar-refractivity contribution in [3.05, 3.63) is 57.2 Å². The fraction of sp³-hybridized carbons (Fsp3) is 0.263. The molecule has 0 spiro atoms. The zero-order chi connectivity index (χ0) is 19.0. The van der Waals surface area contributed by atoms with E-state index in [0.29, 0.717) is 26.3 Å². The zero-order valence-electron chi connectivity index (χ0n) is 14.3. The Morgan fingerprint density at radius 3 is 2.78 bits per heavy atom. The van der Waals surface area contributed by atoms with Gasteiger partial charge in [0.25, 0.3) is 11.6 Å². The van der Waals surface area contributed by atoms with Gasteiger partial charge in [0.1, 0.15) is 15.8 Å². The monoisotopic (exact) mass is 400 g/mol. The molecule has 2 heterocycles. The normalized spacial score (nSPS) is 19.4. The second-order valence-electron chi connectivity index (χ2n) is 6.50. The van der Waals surface area contributed by atoms with Crippen LogP contribution in [0.15, 0.2) is 45.7 Å². The quantitative estimate of drug-likeness (QED) is 0.311. The fourth-order valence-electron chi connectivity index (χ4n) is 3.44. The summed E-state index contributed by atoms with van der Waals surface area (Å²) in [5, 5.41) is 10.9. The first kappa shape index (κ1) is 17.9. The molecule has 0 unspecified atom stereocenters. The lowest BCUT2D eigenvalue weighted by atomic mass is 10.1. The third-order valence-electron chi connectivity index (χ3n) is 4.76. The predicted octanol–water partition coefficient (Wildman–Crippen LogP) is 5.00. The molecule has 0 bridgehead atoms. The second kappa shape index (κ2) is 7.28. The van der Waals surface area contributed by atoms with Crippen LogP contribution in [-0.2, 0) is 4.79 Å². The number of amides is 1. The van der Waals surface area contributed by atoms with Gasteiger partial charge in [0.2, 0.25) is 0 Å². The highest BCUT2D eigenvalue weighted by molar-refractivity contribution is 8.26. The lowest BCUT2D eigenvalue weighted by molar-refractivity contribution is -0.384. The lowest BCUT2D eigenvalue weighted by Crippen LogP contribution is -2.36. The van der Waals surface area contributed by atoms with Crippen LogP contribution in [0.1, 0.15) is 31.4 Å². The van der Waals surface area contributed by atoms with Gasteiger partial charge in [0.05, 0.1) is 9.83 Å². The summed E-state index contributed by atoms with van der Waals surface area (Å²) in [6.07, 6.45) is 5.95. The number of nitrogens with zero attached hydrogens (tertiary/aromatic N) is 2. The average Bonchev–Trinajstić information content (AvgIpc) is 3.38. The molecule has 1 saturated heterocycles. The minimum absolute atomic E-state index is 0.00267. The number of benzene rings is 1. The Morgan fingerprint density at radius 1 is 1.26 bits per heavy atom. The average molecular weight is 400 g/mol. The number of hydrogen-bond acceptors (Lipinski definition) is 6. The van der Waals surface area contributed by atoms with Gasteiger partial charge in [-0.05, 0) is 25.0 Å². The van der Waals surface area contributed by atoms with Gasteiger partial charge in [-0.25, -0.2) is 0 Å². The van der Waals surface area contributed by atoms with Crippen molar-refractivity contribution >= 4 is 46.0 Å². The first-order chi connectivity index (χ1) is 13.0. The van der Waals surface area contributed by atoms with E-state index in [4.69, 9.17) is 16.6 Å². The van der Waals surface area contributed by atoms with E-state index in [2.05, 4.69) is 0 Å². The Labute approximate surface area is 165 Å². The van der Waals surface area contributed by atoms with Crippen LogP contribution in [0.4, 0.5) is 5.69 Å². The van der Waals surface area contributed by atoms with E-state index in [1.54, 1.807) is 35.2 Å². The standard InChI is InChI=1S/C19H16N2O4S2/c22-18-17(27-19(26)20(18)13-5-1-2-6-13)11-15-8-9-16(25-15)12-4-3-7-14(10-12)21(23)24/h3-4,7-11,13H,1-2,5-6H2/b17-11-. The first-order valence-electron chi connectivity index (χ1n) is 8.64. The van der Waals surface area contributed by atoms with Gasteiger partial charge in [-0.1, -0.05) is 49.0 Å². The van der Waals surface area contributed by atoms with Crippen LogP contribution in [-0.4, -0.2) is 26.1 Å². The summed E-state index contributed by atoms with van der Waals surface area (Å²) in [5.41, 5.74) is 0.616. The van der Waals surface area contributed by atoms with Crippen LogP contribution in [0.5, 0.6) is 0 Å². The molecule has 0 atom stereocenters. The molecule has 138 valence electrons.